The van der Waals surface area contributed by atoms with Crippen molar-refractivity contribution in [2.24, 2.45) is 7.05 Å². The highest BCUT2D eigenvalue weighted by molar-refractivity contribution is 5.75. The van der Waals surface area contributed by atoms with Gasteiger partial charge in [-0.2, -0.15) is 0 Å². The van der Waals surface area contributed by atoms with Crippen LogP contribution < -0.4 is 5.32 Å². The number of nitrogens with zero attached hydrogens (tertiary/aromatic N) is 4. The van der Waals surface area contributed by atoms with Gasteiger partial charge in [0.05, 0.1) is 16.7 Å². The standard InChI is InChI=1S/C15H17N5/c1-10-17-11(8-14(16-2)18-10)9-15-19-12-6-4-5-7-13(12)20(15)3/h4-8H,9H2,1-3H3,(H,16,17,18). The van der Waals surface area contributed by atoms with Crippen molar-refractivity contribution in [2.45, 2.75) is 13.3 Å². The van der Waals surface area contributed by atoms with Crippen LogP contribution in [0.4, 0.5) is 5.82 Å². The van der Waals surface area contributed by atoms with Crippen molar-refractivity contribution in [2.75, 3.05) is 12.4 Å². The Hall–Kier alpha value is -2.43. The Balaban J connectivity index is 2.01. The lowest BCUT2D eigenvalue weighted by atomic mass is 10.2. The van der Waals surface area contributed by atoms with E-state index in [-0.39, 0.29) is 0 Å². The van der Waals surface area contributed by atoms with E-state index in [1.165, 1.54) is 0 Å². The van der Waals surface area contributed by atoms with E-state index in [1.807, 2.05) is 45.3 Å². The van der Waals surface area contributed by atoms with Crippen molar-refractivity contribution in [1.29, 1.82) is 0 Å². The Morgan fingerprint density at radius 3 is 2.70 bits per heavy atom. The average molecular weight is 267 g/mol. The van der Waals surface area contributed by atoms with E-state index in [4.69, 9.17) is 0 Å². The summed E-state index contributed by atoms with van der Waals surface area (Å²) in [6.45, 7) is 1.90. The predicted octanol–water partition coefficient (Wildman–Crippen LogP) is 2.30. The number of aromatic nitrogens is 4. The molecule has 1 aromatic carbocycles. The van der Waals surface area contributed by atoms with E-state index < -0.39 is 0 Å². The topological polar surface area (TPSA) is 55.6 Å². The molecule has 2 aromatic heterocycles. The van der Waals surface area contributed by atoms with Crippen LogP contribution in [0.5, 0.6) is 0 Å². The number of hydrogen-bond acceptors (Lipinski definition) is 4. The van der Waals surface area contributed by atoms with E-state index >= 15 is 0 Å². The molecule has 0 saturated heterocycles. The first-order valence-electron chi connectivity index (χ1n) is 6.60. The molecule has 0 aliphatic carbocycles. The number of rotatable bonds is 3. The fourth-order valence-electron chi connectivity index (χ4n) is 2.36. The van der Waals surface area contributed by atoms with Gasteiger partial charge in [0.15, 0.2) is 0 Å². The zero-order valence-corrected chi connectivity index (χ0v) is 11.9. The first kappa shape index (κ1) is 12.6. The summed E-state index contributed by atoms with van der Waals surface area (Å²) in [5.74, 6) is 2.61. The highest BCUT2D eigenvalue weighted by atomic mass is 15.1. The maximum atomic E-state index is 4.67. The first-order chi connectivity index (χ1) is 9.67. The maximum absolute atomic E-state index is 4.67. The van der Waals surface area contributed by atoms with Gasteiger partial charge in [-0.15, -0.1) is 0 Å². The van der Waals surface area contributed by atoms with Gasteiger partial charge in [-0.3, -0.25) is 0 Å². The zero-order chi connectivity index (χ0) is 14.1. The van der Waals surface area contributed by atoms with Gasteiger partial charge in [-0.05, 0) is 19.1 Å². The molecule has 5 heteroatoms. The summed E-state index contributed by atoms with van der Waals surface area (Å²) in [5.41, 5.74) is 3.13. The third-order valence-electron chi connectivity index (χ3n) is 3.37. The highest BCUT2D eigenvalue weighted by Crippen LogP contribution is 2.17. The normalized spacial score (nSPS) is 10.9. The summed E-state index contributed by atoms with van der Waals surface area (Å²) in [7, 11) is 3.90. The van der Waals surface area contributed by atoms with E-state index in [1.54, 1.807) is 0 Å². The summed E-state index contributed by atoms with van der Waals surface area (Å²) < 4.78 is 2.12. The lowest BCUT2D eigenvalue weighted by molar-refractivity contribution is 0.824. The smallest absolute Gasteiger partial charge is 0.129 e. The number of benzene rings is 1. The van der Waals surface area contributed by atoms with Crippen LogP contribution in [0, 0.1) is 6.92 Å². The zero-order valence-electron chi connectivity index (χ0n) is 11.9. The highest BCUT2D eigenvalue weighted by Gasteiger charge is 2.09. The minimum absolute atomic E-state index is 0.698. The number of fused-ring (bicyclic) bond motifs is 1. The molecule has 0 amide bonds. The lowest BCUT2D eigenvalue weighted by Gasteiger charge is -2.06. The van der Waals surface area contributed by atoms with E-state index in [0.29, 0.717) is 6.42 Å². The van der Waals surface area contributed by atoms with Crippen LogP contribution in [0.25, 0.3) is 11.0 Å². The summed E-state index contributed by atoms with van der Waals surface area (Å²) in [5, 5.41) is 3.06. The molecular weight excluding hydrogens is 250 g/mol. The fourth-order valence-corrected chi connectivity index (χ4v) is 2.36. The largest absolute Gasteiger partial charge is 0.373 e. The second-order valence-corrected chi connectivity index (χ2v) is 4.79. The van der Waals surface area contributed by atoms with Gasteiger partial charge in [0.1, 0.15) is 17.5 Å². The molecular formula is C15H17N5. The predicted molar refractivity (Wildman–Crippen MR) is 79.8 cm³/mol. The number of para-hydroxylation sites is 2. The Labute approximate surface area is 117 Å². The van der Waals surface area contributed by atoms with Crippen molar-refractivity contribution < 1.29 is 0 Å². The second kappa shape index (κ2) is 4.92. The van der Waals surface area contributed by atoms with Gasteiger partial charge >= 0.3 is 0 Å². The molecule has 0 bridgehead atoms. The van der Waals surface area contributed by atoms with E-state index in [0.717, 1.165) is 34.2 Å². The van der Waals surface area contributed by atoms with E-state index in [9.17, 15) is 0 Å². The maximum Gasteiger partial charge on any atom is 0.129 e. The summed E-state index contributed by atoms with van der Waals surface area (Å²) >= 11 is 0. The summed E-state index contributed by atoms with van der Waals surface area (Å²) in [4.78, 5) is 13.5. The van der Waals surface area contributed by atoms with Gasteiger partial charge in [-0.25, -0.2) is 15.0 Å². The van der Waals surface area contributed by atoms with Crippen molar-refractivity contribution in [3.05, 3.63) is 47.7 Å². The average Bonchev–Trinajstić information content (AvgIpc) is 2.75. The van der Waals surface area contributed by atoms with Crippen LogP contribution in [0.1, 0.15) is 17.3 Å². The third kappa shape index (κ3) is 2.22. The Bertz CT molecular complexity index is 760. The molecule has 1 N–H and O–H groups in total. The fraction of sp³-hybridized carbons (Fsp3) is 0.267. The molecule has 0 aliphatic heterocycles. The van der Waals surface area contributed by atoms with Crippen molar-refractivity contribution >= 4 is 16.9 Å². The second-order valence-electron chi connectivity index (χ2n) is 4.79. The molecule has 0 aliphatic rings. The SMILES string of the molecule is CNc1cc(Cc2nc3ccccc3n2C)nc(C)n1. The Morgan fingerprint density at radius 2 is 1.95 bits per heavy atom. The quantitative estimate of drug-likeness (QED) is 0.791. The Kier molecular flexibility index (Phi) is 3.10. The van der Waals surface area contributed by atoms with Crippen LogP contribution in [-0.2, 0) is 13.5 Å². The van der Waals surface area contributed by atoms with Crippen LogP contribution >= 0.6 is 0 Å². The molecule has 20 heavy (non-hydrogen) atoms. The number of aryl methyl sites for hydroxylation is 2. The van der Waals surface area contributed by atoms with Gasteiger partial charge in [0.2, 0.25) is 0 Å². The minimum atomic E-state index is 0.698. The summed E-state index contributed by atoms with van der Waals surface area (Å²) in [6, 6.07) is 10.1. The van der Waals surface area contributed by atoms with E-state index in [2.05, 4.69) is 30.9 Å². The van der Waals surface area contributed by atoms with Gasteiger partial charge in [0.25, 0.3) is 0 Å². The monoisotopic (exact) mass is 267 g/mol. The van der Waals surface area contributed by atoms with Crippen LogP contribution in [0.2, 0.25) is 0 Å². The number of imidazole rings is 1. The molecule has 0 unspecified atom stereocenters. The molecule has 0 spiro atoms. The number of anilines is 1. The van der Waals surface area contributed by atoms with Gasteiger partial charge in [-0.1, -0.05) is 12.1 Å². The molecule has 102 valence electrons. The van der Waals surface area contributed by atoms with Crippen molar-refractivity contribution in [1.82, 2.24) is 19.5 Å². The van der Waals surface area contributed by atoms with Crippen LogP contribution in [0.15, 0.2) is 30.3 Å². The van der Waals surface area contributed by atoms with Gasteiger partial charge < -0.3 is 9.88 Å². The molecule has 0 fully saturated rings. The molecule has 0 saturated carbocycles. The minimum Gasteiger partial charge on any atom is -0.373 e. The molecule has 0 atom stereocenters. The molecule has 3 aromatic rings. The van der Waals surface area contributed by atoms with Crippen molar-refractivity contribution in [3.63, 3.8) is 0 Å². The molecule has 0 radical (unpaired) electrons. The lowest BCUT2D eigenvalue weighted by Crippen LogP contribution is -2.04. The van der Waals surface area contributed by atoms with Crippen LogP contribution in [0.3, 0.4) is 0 Å². The molecule has 5 nitrogen and oxygen atoms in total. The molecule has 3 rings (SSSR count). The first-order valence-corrected chi connectivity index (χ1v) is 6.60. The number of hydrogen-bond donors (Lipinski definition) is 1. The van der Waals surface area contributed by atoms with Gasteiger partial charge in [0, 0.05) is 26.6 Å². The van der Waals surface area contributed by atoms with Crippen molar-refractivity contribution in [3.8, 4) is 0 Å². The van der Waals surface area contributed by atoms with Crippen LogP contribution in [-0.4, -0.2) is 26.6 Å². The number of nitrogens with one attached hydrogen (secondary N) is 1. The summed E-state index contributed by atoms with van der Waals surface area (Å²) in [6.07, 6.45) is 0.698. The molecule has 2 heterocycles. The Morgan fingerprint density at radius 1 is 1.15 bits per heavy atom. The third-order valence-corrected chi connectivity index (χ3v) is 3.37.